The molecule has 0 aliphatic carbocycles. The van der Waals surface area contributed by atoms with E-state index in [2.05, 4.69) is 58.6 Å². The molecule has 2 aromatic heterocycles. The SMILES string of the molecule is Cc1c([AsH]c2c(C#N)cncc2C=CC2CCN(C(=O)Nc3ccccc3)CC2)ccc2[nH]ccc12. The topological polar surface area (TPSA) is 84.8 Å². The third-order valence-electron chi connectivity index (χ3n) is 6.76. The van der Waals surface area contributed by atoms with Gasteiger partial charge in [-0.05, 0) is 0 Å². The number of H-pyrrole nitrogens is 1. The van der Waals surface area contributed by atoms with Crippen molar-refractivity contribution in [3.8, 4) is 6.07 Å². The maximum absolute atomic E-state index is 12.6. The summed E-state index contributed by atoms with van der Waals surface area (Å²) in [5, 5.41) is 14.0. The van der Waals surface area contributed by atoms with Gasteiger partial charge in [-0.3, -0.25) is 0 Å². The van der Waals surface area contributed by atoms with E-state index in [1.54, 1.807) is 6.20 Å². The van der Waals surface area contributed by atoms with Gasteiger partial charge >= 0.3 is 200 Å². The van der Waals surface area contributed by atoms with Gasteiger partial charge in [-0.15, -0.1) is 0 Å². The van der Waals surface area contributed by atoms with E-state index >= 15 is 0 Å². The average molecular weight is 537 g/mol. The van der Waals surface area contributed by atoms with Crippen LogP contribution in [-0.4, -0.2) is 49.7 Å². The van der Waals surface area contributed by atoms with Gasteiger partial charge in [-0.1, -0.05) is 18.2 Å². The molecule has 2 amide bonds. The number of aromatic amines is 1. The van der Waals surface area contributed by atoms with E-state index < -0.39 is 15.8 Å². The quantitative estimate of drug-likeness (QED) is 0.376. The summed E-state index contributed by atoms with van der Waals surface area (Å²) in [6, 6.07) is 18.3. The Balaban J connectivity index is 1.28. The van der Waals surface area contributed by atoms with Crippen LogP contribution in [0.2, 0.25) is 0 Å². The molecule has 0 saturated carbocycles. The number of anilines is 1. The Bertz CT molecular complexity index is 1450. The Kier molecular flexibility index (Phi) is 7.20. The van der Waals surface area contributed by atoms with Gasteiger partial charge in [0.15, 0.2) is 0 Å². The van der Waals surface area contributed by atoms with Gasteiger partial charge in [0.2, 0.25) is 0 Å². The summed E-state index contributed by atoms with van der Waals surface area (Å²) in [5.41, 5.74) is 4.94. The zero-order valence-electron chi connectivity index (χ0n) is 20.2. The Hall–Kier alpha value is -3.81. The van der Waals surface area contributed by atoms with Crippen molar-refractivity contribution < 1.29 is 4.79 Å². The van der Waals surface area contributed by atoms with Gasteiger partial charge in [0.1, 0.15) is 0 Å². The minimum atomic E-state index is -0.728. The molecular formula is C29H28AsN5O. The van der Waals surface area contributed by atoms with E-state index in [4.69, 9.17) is 0 Å². The predicted molar refractivity (Wildman–Crippen MR) is 147 cm³/mol. The summed E-state index contributed by atoms with van der Waals surface area (Å²) in [7, 11) is 0. The number of aromatic nitrogens is 2. The van der Waals surface area contributed by atoms with Crippen LogP contribution in [0.5, 0.6) is 0 Å². The van der Waals surface area contributed by atoms with Crippen molar-refractivity contribution in [3.05, 3.63) is 89.9 Å². The number of pyridine rings is 1. The van der Waals surface area contributed by atoms with Crippen LogP contribution in [0.15, 0.2) is 73.2 Å². The number of carbonyl (C=O) groups is 1. The number of nitriles is 1. The number of hydrogen-bond donors (Lipinski definition) is 2. The fourth-order valence-electron chi connectivity index (χ4n) is 4.64. The van der Waals surface area contributed by atoms with Crippen molar-refractivity contribution in [2.75, 3.05) is 18.4 Å². The zero-order chi connectivity index (χ0) is 24.9. The van der Waals surface area contributed by atoms with E-state index in [0.29, 0.717) is 11.5 Å². The van der Waals surface area contributed by atoms with Crippen molar-refractivity contribution in [1.29, 1.82) is 5.26 Å². The van der Waals surface area contributed by atoms with Gasteiger partial charge in [-0.25, -0.2) is 0 Å². The number of benzene rings is 2. The molecule has 3 heterocycles. The van der Waals surface area contributed by atoms with Crippen LogP contribution in [0.1, 0.15) is 29.5 Å². The number of urea groups is 1. The van der Waals surface area contributed by atoms with Crippen molar-refractivity contribution in [3.63, 3.8) is 0 Å². The molecule has 2 N–H and O–H groups in total. The number of piperidine rings is 1. The summed E-state index contributed by atoms with van der Waals surface area (Å²) >= 11 is -0.728. The van der Waals surface area contributed by atoms with Crippen LogP contribution in [0.3, 0.4) is 0 Å². The molecule has 6 nitrogen and oxygen atoms in total. The number of nitrogens with zero attached hydrogens (tertiary/aromatic N) is 3. The molecular weight excluding hydrogens is 509 g/mol. The second-order valence-electron chi connectivity index (χ2n) is 9.04. The van der Waals surface area contributed by atoms with E-state index in [0.717, 1.165) is 47.0 Å². The van der Waals surface area contributed by atoms with Gasteiger partial charge in [0.25, 0.3) is 0 Å². The summed E-state index contributed by atoms with van der Waals surface area (Å²) in [5.74, 6) is 0.391. The first-order valence-corrected chi connectivity index (χ1v) is 14.2. The number of carbonyl (C=O) groups excluding carboxylic acids is 1. The standard InChI is InChI=1S/C29H28AsN5O/c1-20-25-11-14-33-27(25)10-9-26(20)30-28-22(18-32-19-23(28)17-31)8-7-21-12-15-35(16-13-21)29(36)34-24-5-3-2-4-6-24/h2-11,14,18-19,21,30,33H,12-13,15-16H2,1H3,(H,34,36). The maximum atomic E-state index is 12.6. The molecule has 1 aliphatic heterocycles. The third-order valence-corrected chi connectivity index (χ3v) is 10.2. The normalized spacial score (nSPS) is 14.6. The van der Waals surface area contributed by atoms with E-state index in [9.17, 15) is 10.1 Å². The monoisotopic (exact) mass is 537 g/mol. The van der Waals surface area contributed by atoms with Crippen LogP contribution >= 0.6 is 0 Å². The van der Waals surface area contributed by atoms with Crippen LogP contribution in [0.4, 0.5) is 10.5 Å². The molecule has 1 unspecified atom stereocenters. The Morgan fingerprint density at radius 2 is 1.97 bits per heavy atom. The van der Waals surface area contributed by atoms with E-state index in [1.807, 2.05) is 47.6 Å². The number of likely N-dealkylation sites (tertiary alicyclic amines) is 1. The number of amides is 2. The van der Waals surface area contributed by atoms with Crippen LogP contribution in [-0.2, 0) is 0 Å². The summed E-state index contributed by atoms with van der Waals surface area (Å²) < 4.78 is 2.46. The van der Waals surface area contributed by atoms with Crippen molar-refractivity contribution in [1.82, 2.24) is 14.9 Å². The first-order valence-electron chi connectivity index (χ1n) is 12.1. The van der Waals surface area contributed by atoms with Gasteiger partial charge in [-0.2, -0.15) is 0 Å². The number of rotatable bonds is 5. The molecule has 7 heteroatoms. The molecule has 1 atom stereocenters. The summed E-state index contributed by atoms with van der Waals surface area (Å²) in [4.78, 5) is 22.1. The molecule has 36 heavy (non-hydrogen) atoms. The van der Waals surface area contributed by atoms with Crippen LogP contribution < -0.4 is 14.0 Å². The van der Waals surface area contributed by atoms with E-state index in [1.165, 1.54) is 15.3 Å². The number of aryl methyl sites for hydroxylation is 1. The number of nitrogens with one attached hydrogen (secondary N) is 2. The Morgan fingerprint density at radius 1 is 1.17 bits per heavy atom. The molecule has 1 saturated heterocycles. The van der Waals surface area contributed by atoms with Crippen molar-refractivity contribution >= 4 is 53.2 Å². The summed E-state index contributed by atoms with van der Waals surface area (Å²) in [6.45, 7) is 3.61. The first-order chi connectivity index (χ1) is 17.6. The summed E-state index contributed by atoms with van der Waals surface area (Å²) in [6.07, 6.45) is 11.7. The number of hydrogen-bond acceptors (Lipinski definition) is 3. The second kappa shape index (κ2) is 10.8. The van der Waals surface area contributed by atoms with Gasteiger partial charge < -0.3 is 0 Å². The predicted octanol–water partition coefficient (Wildman–Crippen LogP) is 4.09. The number of allylic oxidation sites excluding steroid dienone is 1. The number of para-hydroxylation sites is 1. The minimum absolute atomic E-state index is 0.0444. The van der Waals surface area contributed by atoms with Gasteiger partial charge in [0.05, 0.1) is 0 Å². The van der Waals surface area contributed by atoms with Crippen molar-refractivity contribution in [2.45, 2.75) is 19.8 Å². The third kappa shape index (κ3) is 5.22. The van der Waals surface area contributed by atoms with Gasteiger partial charge in [0, 0.05) is 0 Å². The second-order valence-corrected chi connectivity index (χ2v) is 11.7. The number of fused-ring (bicyclic) bond motifs is 1. The molecule has 1 fully saturated rings. The Morgan fingerprint density at radius 3 is 2.75 bits per heavy atom. The molecule has 1 aliphatic rings. The van der Waals surface area contributed by atoms with Crippen LogP contribution in [0, 0.1) is 24.2 Å². The van der Waals surface area contributed by atoms with Crippen molar-refractivity contribution in [2.24, 2.45) is 5.92 Å². The molecule has 2 aromatic carbocycles. The molecule has 0 bridgehead atoms. The van der Waals surface area contributed by atoms with E-state index in [-0.39, 0.29) is 6.03 Å². The average Bonchev–Trinajstić information content (AvgIpc) is 3.40. The fraction of sp³-hybridized carbons (Fsp3) is 0.207. The molecule has 180 valence electrons. The Labute approximate surface area is 217 Å². The molecule has 4 aromatic rings. The molecule has 0 radical (unpaired) electrons. The molecule has 0 spiro atoms. The molecule has 5 rings (SSSR count). The first kappa shape index (κ1) is 23.9. The fourth-order valence-corrected chi connectivity index (χ4v) is 7.38. The van der Waals surface area contributed by atoms with Crippen LogP contribution in [0.25, 0.3) is 17.0 Å². The zero-order valence-corrected chi connectivity index (χ0v) is 22.3.